The Morgan fingerprint density at radius 3 is 2.57 bits per heavy atom. The minimum Gasteiger partial charge on any atom is -0.481 e. The molecule has 1 aliphatic rings. The Hall–Kier alpha value is -1.10. The van der Waals surface area contributed by atoms with Crippen LogP contribution in [0.3, 0.4) is 0 Å². The van der Waals surface area contributed by atoms with Gasteiger partial charge in [-0.25, -0.2) is 0 Å². The summed E-state index contributed by atoms with van der Waals surface area (Å²) in [6.07, 6.45) is 3.70. The monoisotopic (exact) mass is 298 g/mol. The number of rotatable bonds is 9. The van der Waals surface area contributed by atoms with Crippen molar-refractivity contribution in [3.8, 4) is 0 Å². The normalized spacial score (nSPS) is 23.2. The molecule has 1 amide bonds. The molecule has 0 bridgehead atoms. The molecule has 1 saturated heterocycles. The lowest BCUT2D eigenvalue weighted by Gasteiger charge is -2.28. The van der Waals surface area contributed by atoms with Gasteiger partial charge in [0.05, 0.1) is 5.41 Å². The van der Waals surface area contributed by atoms with E-state index >= 15 is 0 Å². The lowest BCUT2D eigenvalue weighted by molar-refractivity contribution is -0.138. The van der Waals surface area contributed by atoms with E-state index < -0.39 is 5.97 Å². The first kappa shape index (κ1) is 18.0. The highest BCUT2D eigenvalue weighted by atomic mass is 16.4. The van der Waals surface area contributed by atoms with E-state index in [2.05, 4.69) is 31.4 Å². The van der Waals surface area contributed by atoms with Gasteiger partial charge < -0.3 is 15.7 Å². The van der Waals surface area contributed by atoms with Crippen molar-refractivity contribution in [3.05, 3.63) is 0 Å². The molecule has 0 aliphatic carbocycles. The van der Waals surface area contributed by atoms with E-state index in [1.165, 1.54) is 0 Å². The second kappa shape index (κ2) is 8.37. The quantitative estimate of drug-likeness (QED) is 0.608. The van der Waals surface area contributed by atoms with Crippen LogP contribution in [0.4, 0.5) is 0 Å². The average Bonchev–Trinajstić information content (AvgIpc) is 2.84. The lowest BCUT2D eigenvalue weighted by atomic mass is 9.81. The first-order valence-corrected chi connectivity index (χ1v) is 8.10. The van der Waals surface area contributed by atoms with Crippen molar-refractivity contribution >= 4 is 11.9 Å². The third-order valence-electron chi connectivity index (χ3n) is 4.27. The molecule has 1 fully saturated rings. The van der Waals surface area contributed by atoms with Crippen LogP contribution in [0, 0.1) is 17.3 Å². The summed E-state index contributed by atoms with van der Waals surface area (Å²) in [5, 5.41) is 15.3. The standard InChI is InChI=1S/C16H30N2O3/c1-4-5-16(6-7-17-11-16)15(21)18-10-13(8-12(2)3)9-14(19)20/h12-13,17H,4-11H2,1-3H3,(H,18,21)(H,19,20). The van der Waals surface area contributed by atoms with Gasteiger partial charge in [-0.1, -0.05) is 27.2 Å². The molecule has 0 aromatic carbocycles. The summed E-state index contributed by atoms with van der Waals surface area (Å²) in [4.78, 5) is 23.5. The summed E-state index contributed by atoms with van der Waals surface area (Å²) in [7, 11) is 0. The van der Waals surface area contributed by atoms with Crippen LogP contribution >= 0.6 is 0 Å². The summed E-state index contributed by atoms with van der Waals surface area (Å²) >= 11 is 0. The molecule has 2 atom stereocenters. The van der Waals surface area contributed by atoms with Crippen molar-refractivity contribution in [2.45, 2.75) is 52.9 Å². The van der Waals surface area contributed by atoms with E-state index in [-0.39, 0.29) is 23.7 Å². The second-order valence-corrected chi connectivity index (χ2v) is 6.76. The van der Waals surface area contributed by atoms with Crippen LogP contribution in [-0.4, -0.2) is 36.6 Å². The molecule has 1 aliphatic heterocycles. The van der Waals surface area contributed by atoms with Gasteiger partial charge in [-0.15, -0.1) is 0 Å². The van der Waals surface area contributed by atoms with Gasteiger partial charge in [0.25, 0.3) is 0 Å². The summed E-state index contributed by atoms with van der Waals surface area (Å²) in [5.74, 6) is -0.252. The predicted octanol–water partition coefficient (Wildman–Crippen LogP) is 2.02. The molecule has 0 aromatic rings. The Morgan fingerprint density at radius 1 is 1.38 bits per heavy atom. The number of carboxylic acid groups (broad SMARTS) is 1. The molecule has 1 rings (SSSR count). The van der Waals surface area contributed by atoms with Gasteiger partial charge in [0.2, 0.25) is 5.91 Å². The Kier molecular flexibility index (Phi) is 7.15. The van der Waals surface area contributed by atoms with Crippen molar-refractivity contribution in [1.82, 2.24) is 10.6 Å². The minimum atomic E-state index is -0.791. The number of hydrogen-bond acceptors (Lipinski definition) is 3. The van der Waals surface area contributed by atoms with E-state index in [9.17, 15) is 9.59 Å². The molecule has 1 heterocycles. The van der Waals surface area contributed by atoms with Crippen molar-refractivity contribution in [3.63, 3.8) is 0 Å². The Morgan fingerprint density at radius 2 is 2.10 bits per heavy atom. The summed E-state index contributed by atoms with van der Waals surface area (Å²) in [6.45, 7) is 8.35. The van der Waals surface area contributed by atoms with Crippen molar-refractivity contribution in [1.29, 1.82) is 0 Å². The largest absolute Gasteiger partial charge is 0.481 e. The molecule has 21 heavy (non-hydrogen) atoms. The van der Waals surface area contributed by atoms with E-state index in [0.717, 1.165) is 38.8 Å². The zero-order valence-corrected chi connectivity index (χ0v) is 13.6. The Labute approximate surface area is 127 Å². The lowest BCUT2D eigenvalue weighted by Crippen LogP contribution is -2.44. The number of amides is 1. The fraction of sp³-hybridized carbons (Fsp3) is 0.875. The van der Waals surface area contributed by atoms with Crippen molar-refractivity contribution in [2.75, 3.05) is 19.6 Å². The number of carbonyl (C=O) groups excluding carboxylic acids is 1. The van der Waals surface area contributed by atoms with Crippen LogP contribution in [0.5, 0.6) is 0 Å². The zero-order valence-electron chi connectivity index (χ0n) is 13.6. The van der Waals surface area contributed by atoms with Gasteiger partial charge in [0, 0.05) is 19.5 Å². The fourth-order valence-corrected chi connectivity index (χ4v) is 3.32. The highest BCUT2D eigenvalue weighted by Gasteiger charge is 2.40. The molecule has 2 unspecified atom stereocenters. The number of nitrogens with one attached hydrogen (secondary N) is 2. The van der Waals surface area contributed by atoms with E-state index in [4.69, 9.17) is 5.11 Å². The maximum absolute atomic E-state index is 12.5. The molecular formula is C16H30N2O3. The molecule has 122 valence electrons. The van der Waals surface area contributed by atoms with E-state index in [1.807, 2.05) is 0 Å². The molecule has 3 N–H and O–H groups in total. The van der Waals surface area contributed by atoms with Gasteiger partial charge in [-0.2, -0.15) is 0 Å². The molecule has 0 aromatic heterocycles. The third-order valence-corrected chi connectivity index (χ3v) is 4.27. The van der Waals surface area contributed by atoms with Gasteiger partial charge in [-0.3, -0.25) is 9.59 Å². The first-order chi connectivity index (χ1) is 9.89. The minimum absolute atomic E-state index is 0.0134. The summed E-state index contributed by atoms with van der Waals surface area (Å²) in [6, 6.07) is 0. The molecule has 0 radical (unpaired) electrons. The molecular weight excluding hydrogens is 268 g/mol. The highest BCUT2D eigenvalue weighted by molar-refractivity contribution is 5.83. The van der Waals surface area contributed by atoms with Crippen LogP contribution < -0.4 is 10.6 Å². The molecule has 0 saturated carbocycles. The Bertz CT molecular complexity index is 349. The van der Waals surface area contributed by atoms with E-state index in [1.54, 1.807) is 0 Å². The number of hydrogen-bond donors (Lipinski definition) is 3. The number of aliphatic carboxylic acids is 1. The third kappa shape index (κ3) is 5.65. The maximum Gasteiger partial charge on any atom is 0.303 e. The van der Waals surface area contributed by atoms with Crippen molar-refractivity contribution in [2.24, 2.45) is 17.3 Å². The van der Waals surface area contributed by atoms with Crippen LogP contribution in [0.15, 0.2) is 0 Å². The Balaban J connectivity index is 2.56. The van der Waals surface area contributed by atoms with Crippen LogP contribution in [0.1, 0.15) is 52.9 Å². The fourth-order valence-electron chi connectivity index (χ4n) is 3.32. The van der Waals surface area contributed by atoms with Gasteiger partial charge in [-0.05, 0) is 37.6 Å². The smallest absolute Gasteiger partial charge is 0.303 e. The van der Waals surface area contributed by atoms with E-state index in [0.29, 0.717) is 12.5 Å². The SMILES string of the molecule is CCCC1(C(=O)NCC(CC(=O)O)CC(C)C)CCNC1. The van der Waals surface area contributed by atoms with Crippen LogP contribution in [0.25, 0.3) is 0 Å². The summed E-state index contributed by atoms with van der Waals surface area (Å²) in [5.41, 5.74) is -0.291. The van der Waals surface area contributed by atoms with Gasteiger partial charge >= 0.3 is 5.97 Å². The topological polar surface area (TPSA) is 78.4 Å². The molecule has 5 heteroatoms. The van der Waals surface area contributed by atoms with Crippen LogP contribution in [-0.2, 0) is 9.59 Å². The highest BCUT2D eigenvalue weighted by Crippen LogP contribution is 2.31. The predicted molar refractivity (Wildman–Crippen MR) is 83.0 cm³/mol. The van der Waals surface area contributed by atoms with Gasteiger partial charge in [0.1, 0.15) is 0 Å². The average molecular weight is 298 g/mol. The molecule has 0 spiro atoms. The zero-order chi connectivity index (χ0) is 15.9. The second-order valence-electron chi connectivity index (χ2n) is 6.76. The van der Waals surface area contributed by atoms with Crippen molar-refractivity contribution < 1.29 is 14.7 Å². The van der Waals surface area contributed by atoms with Crippen LogP contribution in [0.2, 0.25) is 0 Å². The van der Waals surface area contributed by atoms with Gasteiger partial charge in [0.15, 0.2) is 0 Å². The first-order valence-electron chi connectivity index (χ1n) is 8.10. The summed E-state index contributed by atoms with van der Waals surface area (Å²) < 4.78 is 0. The molecule has 5 nitrogen and oxygen atoms in total. The maximum atomic E-state index is 12.5. The number of carbonyl (C=O) groups is 2. The number of carboxylic acids is 1.